The molecule has 0 aliphatic rings. The summed E-state index contributed by atoms with van der Waals surface area (Å²) < 4.78 is 40.8. The van der Waals surface area contributed by atoms with Crippen molar-refractivity contribution in [3.63, 3.8) is 0 Å². The van der Waals surface area contributed by atoms with E-state index < -0.39 is 40.8 Å². The van der Waals surface area contributed by atoms with Gasteiger partial charge in [-0.15, -0.1) is 0 Å². The first-order valence-corrected chi connectivity index (χ1v) is 11.7. The van der Waals surface area contributed by atoms with E-state index >= 15 is 0 Å². The first-order chi connectivity index (χ1) is 18.9. The molecule has 0 aliphatic carbocycles. The first-order valence-electron chi connectivity index (χ1n) is 11.4. The molecule has 0 saturated heterocycles. The largest absolute Gasteiger partial charge is 0.481 e. The van der Waals surface area contributed by atoms with E-state index in [1.165, 1.54) is 30.9 Å². The Kier molecular flexibility index (Phi) is 8.04. The van der Waals surface area contributed by atoms with E-state index in [-0.39, 0.29) is 29.9 Å². The lowest BCUT2D eigenvalue weighted by Crippen LogP contribution is -2.30. The van der Waals surface area contributed by atoms with Gasteiger partial charge in [-0.1, -0.05) is 11.6 Å². The molecule has 2 heterocycles. The van der Waals surface area contributed by atoms with Crippen molar-refractivity contribution in [2.24, 2.45) is 0 Å². The van der Waals surface area contributed by atoms with Crippen molar-refractivity contribution in [3.8, 4) is 5.69 Å². The predicted molar refractivity (Wildman–Crippen MR) is 138 cm³/mol. The van der Waals surface area contributed by atoms with Gasteiger partial charge in [0.15, 0.2) is 17.0 Å². The lowest BCUT2D eigenvalue weighted by Gasteiger charge is -2.14. The molecule has 40 heavy (non-hydrogen) atoms. The number of halogens is 4. The average Bonchev–Trinajstić information content (AvgIpc) is 3.32. The van der Waals surface area contributed by atoms with Gasteiger partial charge in [-0.25, -0.2) is 24.5 Å². The molecule has 1 unspecified atom stereocenters. The molecule has 1 atom stereocenters. The van der Waals surface area contributed by atoms with Gasteiger partial charge in [-0.3, -0.25) is 9.36 Å². The number of alkyl halides is 3. The monoisotopic (exact) mass is 577 g/mol. The van der Waals surface area contributed by atoms with Gasteiger partial charge < -0.3 is 26.2 Å². The molecular formula is C24H19ClF3N7O5. The smallest absolute Gasteiger partial charge is 0.417 e. The summed E-state index contributed by atoms with van der Waals surface area (Å²) in [6.45, 7) is 0. The number of nitrogens with one attached hydrogen (secondary N) is 3. The Labute approximate surface area is 227 Å². The maximum atomic E-state index is 13.1. The van der Waals surface area contributed by atoms with Crippen LogP contribution in [0.5, 0.6) is 0 Å². The van der Waals surface area contributed by atoms with E-state index in [1.54, 1.807) is 16.7 Å². The summed E-state index contributed by atoms with van der Waals surface area (Å²) in [5, 5.41) is 25.3. The molecule has 0 radical (unpaired) electrons. The number of hydrogen-bond donors (Lipinski definition) is 5. The third-order valence-electron chi connectivity index (χ3n) is 5.52. The number of carboxylic acid groups (broad SMARTS) is 2. The zero-order valence-electron chi connectivity index (χ0n) is 20.1. The highest BCUT2D eigenvalue weighted by atomic mass is 35.5. The van der Waals surface area contributed by atoms with Crippen molar-refractivity contribution < 1.29 is 37.8 Å². The summed E-state index contributed by atoms with van der Waals surface area (Å²) >= 11 is 5.60. The van der Waals surface area contributed by atoms with Crippen LogP contribution in [0, 0.1) is 0 Å². The Balaban J connectivity index is 1.47. The van der Waals surface area contributed by atoms with Crippen LogP contribution in [0.4, 0.5) is 35.2 Å². The zero-order chi connectivity index (χ0) is 29.0. The Bertz CT molecular complexity index is 1580. The second-order valence-corrected chi connectivity index (χ2v) is 8.70. The Hall–Kier alpha value is -4.92. The normalized spacial score (nSPS) is 12.1. The number of aromatic nitrogens is 4. The Morgan fingerprint density at radius 3 is 2.30 bits per heavy atom. The van der Waals surface area contributed by atoms with Gasteiger partial charge >= 0.3 is 24.1 Å². The summed E-state index contributed by atoms with van der Waals surface area (Å²) in [6, 6.07) is 7.30. The molecule has 0 fully saturated rings. The molecule has 2 amide bonds. The van der Waals surface area contributed by atoms with E-state index in [2.05, 4.69) is 30.9 Å². The third-order valence-corrected chi connectivity index (χ3v) is 5.85. The minimum Gasteiger partial charge on any atom is -0.481 e. The fourth-order valence-corrected chi connectivity index (χ4v) is 3.86. The van der Waals surface area contributed by atoms with E-state index in [9.17, 15) is 32.7 Å². The fraction of sp³-hybridized carbons (Fsp3) is 0.167. The number of carbonyl (C=O) groups excluding carboxylic acids is 1. The van der Waals surface area contributed by atoms with Gasteiger partial charge in [0.2, 0.25) is 0 Å². The van der Waals surface area contributed by atoms with Crippen LogP contribution in [-0.2, 0) is 15.8 Å². The number of urea groups is 1. The molecule has 2 aromatic heterocycles. The summed E-state index contributed by atoms with van der Waals surface area (Å²) in [7, 11) is 0. The molecule has 16 heteroatoms. The number of aliphatic carboxylic acids is 2. The highest BCUT2D eigenvalue weighted by Crippen LogP contribution is 2.36. The highest BCUT2D eigenvalue weighted by molar-refractivity contribution is 6.31. The molecule has 0 saturated carbocycles. The molecule has 2 aromatic carbocycles. The van der Waals surface area contributed by atoms with Crippen molar-refractivity contribution in [3.05, 3.63) is 65.7 Å². The van der Waals surface area contributed by atoms with Crippen LogP contribution in [0.1, 0.15) is 18.4 Å². The SMILES string of the molecule is O=C(O)CCC(Nc1ncnc2c1ncn2-c1ccc(NC(=O)Nc2ccc(Cl)c(C(F)(F)F)c2)cc1)C(=O)O. The molecular weight excluding hydrogens is 559 g/mol. The van der Waals surface area contributed by atoms with Gasteiger partial charge in [0.25, 0.3) is 0 Å². The molecule has 4 aromatic rings. The van der Waals surface area contributed by atoms with Crippen molar-refractivity contribution in [2.75, 3.05) is 16.0 Å². The van der Waals surface area contributed by atoms with Crippen LogP contribution in [-0.4, -0.2) is 53.7 Å². The Morgan fingerprint density at radius 2 is 1.65 bits per heavy atom. The van der Waals surface area contributed by atoms with Gasteiger partial charge in [0.1, 0.15) is 18.7 Å². The molecule has 5 N–H and O–H groups in total. The van der Waals surface area contributed by atoms with Gasteiger partial charge in [-0.2, -0.15) is 13.2 Å². The minimum atomic E-state index is -4.68. The number of imidazole rings is 1. The van der Waals surface area contributed by atoms with Crippen molar-refractivity contribution in [1.29, 1.82) is 0 Å². The Morgan fingerprint density at radius 1 is 0.975 bits per heavy atom. The number of amides is 2. The van der Waals surface area contributed by atoms with Crippen LogP contribution in [0.15, 0.2) is 55.1 Å². The van der Waals surface area contributed by atoms with Crippen LogP contribution in [0.25, 0.3) is 16.9 Å². The van der Waals surface area contributed by atoms with Crippen LogP contribution < -0.4 is 16.0 Å². The van der Waals surface area contributed by atoms with Gasteiger partial charge in [-0.05, 0) is 48.9 Å². The number of carboxylic acids is 2. The van der Waals surface area contributed by atoms with Crippen molar-refractivity contribution >= 4 is 57.9 Å². The second-order valence-electron chi connectivity index (χ2n) is 8.30. The van der Waals surface area contributed by atoms with E-state index in [0.29, 0.717) is 17.0 Å². The number of anilines is 3. The van der Waals surface area contributed by atoms with Crippen LogP contribution in [0.2, 0.25) is 5.02 Å². The van der Waals surface area contributed by atoms with Gasteiger partial charge in [0.05, 0.1) is 10.6 Å². The van der Waals surface area contributed by atoms with E-state index in [0.717, 1.165) is 12.1 Å². The molecule has 0 bridgehead atoms. The first kappa shape index (κ1) is 28.1. The third kappa shape index (κ3) is 6.55. The number of rotatable bonds is 9. The van der Waals surface area contributed by atoms with Crippen LogP contribution >= 0.6 is 11.6 Å². The zero-order valence-corrected chi connectivity index (χ0v) is 20.9. The number of nitrogens with zero attached hydrogens (tertiary/aromatic N) is 4. The molecule has 0 aliphatic heterocycles. The lowest BCUT2D eigenvalue weighted by atomic mass is 10.1. The maximum Gasteiger partial charge on any atom is 0.417 e. The number of carbonyl (C=O) groups is 3. The minimum absolute atomic E-state index is 0.104. The number of hydrogen-bond acceptors (Lipinski definition) is 7. The van der Waals surface area contributed by atoms with Crippen LogP contribution in [0.3, 0.4) is 0 Å². The summed E-state index contributed by atoms with van der Waals surface area (Å²) in [6.07, 6.45) is -2.61. The van der Waals surface area contributed by atoms with E-state index in [4.69, 9.17) is 16.7 Å². The summed E-state index contributed by atoms with van der Waals surface area (Å²) in [5.41, 5.74) is 0.271. The fourth-order valence-electron chi connectivity index (χ4n) is 3.64. The molecule has 12 nitrogen and oxygen atoms in total. The predicted octanol–water partition coefficient (Wildman–Crippen LogP) is 4.86. The summed E-state index contributed by atoms with van der Waals surface area (Å²) in [5.74, 6) is -2.29. The van der Waals surface area contributed by atoms with Gasteiger partial charge in [0, 0.05) is 23.5 Å². The molecule has 4 rings (SSSR count). The van der Waals surface area contributed by atoms with Crippen molar-refractivity contribution in [2.45, 2.75) is 25.1 Å². The number of fused-ring (bicyclic) bond motifs is 1. The molecule has 0 spiro atoms. The highest BCUT2D eigenvalue weighted by Gasteiger charge is 2.33. The van der Waals surface area contributed by atoms with E-state index in [1.807, 2.05) is 0 Å². The lowest BCUT2D eigenvalue weighted by molar-refractivity contribution is -0.140. The summed E-state index contributed by atoms with van der Waals surface area (Å²) in [4.78, 5) is 47.2. The topological polar surface area (TPSA) is 171 Å². The maximum absolute atomic E-state index is 13.1. The second kappa shape index (κ2) is 11.4. The molecule has 208 valence electrons. The number of benzene rings is 2. The average molecular weight is 578 g/mol. The standard InChI is InChI=1S/C24H19ClF3N7O5/c25-16-6-3-13(9-15(16)24(26,27)28)33-23(40)32-12-1-4-14(5-2-12)35-11-31-19-20(29-10-30-21(19)35)34-17(22(38)39)7-8-18(36)37/h1-6,9-11,17H,7-8H2,(H,36,37)(H,38,39)(H,29,30,34)(H2,32,33,40). The van der Waals surface area contributed by atoms with Crippen molar-refractivity contribution in [1.82, 2.24) is 19.5 Å². The quantitative estimate of drug-likeness (QED) is 0.186.